The number of carbonyl (C=O) groups is 4. The monoisotopic (exact) mass is 454 g/mol. The number of piperazine rings is 1. The van der Waals surface area contributed by atoms with Crippen molar-refractivity contribution in [3.63, 3.8) is 0 Å². The van der Waals surface area contributed by atoms with Gasteiger partial charge in [-0.2, -0.15) is 0 Å². The molecule has 5 amide bonds. The molecule has 174 valence electrons. The number of benzene rings is 1. The average molecular weight is 454 g/mol. The third kappa shape index (κ3) is 4.04. The third-order valence-corrected chi connectivity index (χ3v) is 6.23. The van der Waals surface area contributed by atoms with Crippen molar-refractivity contribution in [1.82, 2.24) is 20.0 Å². The Labute approximate surface area is 191 Å². The lowest BCUT2D eigenvalue weighted by molar-refractivity contribution is -0.140. The summed E-state index contributed by atoms with van der Waals surface area (Å²) in [5, 5.41) is 2.78. The number of carbonyl (C=O) groups excluding carboxylic acids is 4. The van der Waals surface area contributed by atoms with Crippen molar-refractivity contribution in [3.05, 3.63) is 54.0 Å². The van der Waals surface area contributed by atoms with Crippen molar-refractivity contribution in [2.24, 2.45) is 0 Å². The molecule has 1 atom stereocenters. The highest BCUT2D eigenvalue weighted by atomic mass is 16.5. The van der Waals surface area contributed by atoms with Gasteiger partial charge in [0.25, 0.3) is 11.8 Å². The number of rotatable bonds is 6. The molecule has 0 spiro atoms. The van der Waals surface area contributed by atoms with Crippen molar-refractivity contribution in [1.29, 1.82) is 0 Å². The summed E-state index contributed by atoms with van der Waals surface area (Å²) < 4.78 is 10.3. The van der Waals surface area contributed by atoms with Gasteiger partial charge in [0.2, 0.25) is 5.91 Å². The van der Waals surface area contributed by atoms with E-state index in [4.69, 9.17) is 9.15 Å². The van der Waals surface area contributed by atoms with Crippen LogP contribution in [-0.2, 0) is 15.1 Å². The molecule has 4 rings (SSSR count). The highest BCUT2D eigenvalue weighted by Crippen LogP contribution is 2.33. The van der Waals surface area contributed by atoms with Gasteiger partial charge in [-0.1, -0.05) is 19.1 Å². The number of nitrogens with one attached hydrogen (secondary N) is 1. The minimum Gasteiger partial charge on any atom is -0.497 e. The van der Waals surface area contributed by atoms with Crippen LogP contribution in [0.3, 0.4) is 0 Å². The molecule has 2 saturated heterocycles. The number of urea groups is 1. The maximum Gasteiger partial charge on any atom is 0.325 e. The SMILES string of the molecule is CC[C@@]1(c2ccc(OC)cc2)NC(=O)N(CC(=O)N2CCN(C(=O)c3ccco3)CC2)C1=O. The van der Waals surface area contributed by atoms with Crippen LogP contribution in [0.25, 0.3) is 0 Å². The summed E-state index contributed by atoms with van der Waals surface area (Å²) in [7, 11) is 1.55. The van der Waals surface area contributed by atoms with Crippen LogP contribution in [0.15, 0.2) is 47.1 Å². The Hall–Kier alpha value is -3.82. The maximum atomic E-state index is 13.3. The van der Waals surface area contributed by atoms with Gasteiger partial charge in [0.1, 0.15) is 17.8 Å². The molecule has 1 N–H and O–H groups in total. The molecule has 2 aliphatic rings. The third-order valence-electron chi connectivity index (χ3n) is 6.23. The first kappa shape index (κ1) is 22.4. The van der Waals surface area contributed by atoms with Crippen LogP contribution in [0.2, 0.25) is 0 Å². The van der Waals surface area contributed by atoms with E-state index in [0.717, 1.165) is 4.90 Å². The minimum atomic E-state index is -1.22. The smallest absolute Gasteiger partial charge is 0.325 e. The normalized spacial score (nSPS) is 20.7. The van der Waals surface area contributed by atoms with Crippen molar-refractivity contribution in [3.8, 4) is 5.75 Å². The van der Waals surface area contributed by atoms with Crippen molar-refractivity contribution < 1.29 is 28.3 Å². The standard InChI is InChI=1S/C23H26N4O6/c1-3-23(16-6-8-17(32-2)9-7-16)21(30)27(22(31)24-23)15-19(28)25-10-12-26(13-11-25)20(29)18-5-4-14-33-18/h4-9,14H,3,10-13,15H2,1-2H3,(H,24,31)/t23-/m0/s1. The number of ether oxygens (including phenoxy) is 1. The summed E-state index contributed by atoms with van der Waals surface area (Å²) in [6, 6.07) is 9.57. The Balaban J connectivity index is 1.40. The van der Waals surface area contributed by atoms with E-state index in [9.17, 15) is 19.2 Å². The van der Waals surface area contributed by atoms with E-state index in [0.29, 0.717) is 43.9 Å². The molecular weight excluding hydrogens is 428 g/mol. The number of imide groups is 1. The van der Waals surface area contributed by atoms with E-state index in [1.807, 2.05) is 6.92 Å². The Morgan fingerprint density at radius 1 is 1.06 bits per heavy atom. The number of amides is 5. The molecule has 2 aliphatic heterocycles. The van der Waals surface area contributed by atoms with Gasteiger partial charge in [0, 0.05) is 26.2 Å². The van der Waals surface area contributed by atoms with Crippen LogP contribution in [-0.4, -0.2) is 78.3 Å². The first-order valence-corrected chi connectivity index (χ1v) is 10.8. The number of methoxy groups -OCH3 is 1. The Bertz CT molecular complexity index is 1040. The van der Waals surface area contributed by atoms with E-state index in [1.165, 1.54) is 6.26 Å². The van der Waals surface area contributed by atoms with Gasteiger partial charge < -0.3 is 24.3 Å². The van der Waals surface area contributed by atoms with Crippen LogP contribution >= 0.6 is 0 Å². The summed E-state index contributed by atoms with van der Waals surface area (Å²) in [4.78, 5) is 55.4. The average Bonchev–Trinajstić information content (AvgIpc) is 3.47. The molecule has 10 heteroatoms. The second-order valence-corrected chi connectivity index (χ2v) is 7.96. The molecule has 1 aromatic heterocycles. The van der Waals surface area contributed by atoms with E-state index in [1.54, 1.807) is 53.3 Å². The number of hydrogen-bond donors (Lipinski definition) is 1. The quantitative estimate of drug-likeness (QED) is 0.661. The molecule has 2 aromatic rings. The number of furan rings is 1. The maximum absolute atomic E-state index is 13.3. The first-order valence-electron chi connectivity index (χ1n) is 10.8. The highest BCUT2D eigenvalue weighted by Gasteiger charge is 2.51. The molecule has 2 fully saturated rings. The topological polar surface area (TPSA) is 112 Å². The van der Waals surface area contributed by atoms with Crippen molar-refractivity contribution >= 4 is 23.8 Å². The molecule has 1 aromatic carbocycles. The van der Waals surface area contributed by atoms with Gasteiger partial charge in [-0.15, -0.1) is 0 Å². The van der Waals surface area contributed by atoms with Crippen LogP contribution in [0.5, 0.6) is 5.75 Å². The fourth-order valence-corrected chi connectivity index (χ4v) is 4.23. The molecule has 3 heterocycles. The van der Waals surface area contributed by atoms with Crippen LogP contribution in [0.4, 0.5) is 4.79 Å². The van der Waals surface area contributed by atoms with Crippen molar-refractivity contribution in [2.45, 2.75) is 18.9 Å². The fraction of sp³-hybridized carbons (Fsp3) is 0.391. The zero-order valence-electron chi connectivity index (χ0n) is 18.6. The van der Waals surface area contributed by atoms with Gasteiger partial charge in [0.05, 0.1) is 13.4 Å². The summed E-state index contributed by atoms with van der Waals surface area (Å²) in [5.74, 6) is -0.138. The van der Waals surface area contributed by atoms with Gasteiger partial charge in [-0.3, -0.25) is 19.3 Å². The Kier molecular flexibility index (Phi) is 6.08. The van der Waals surface area contributed by atoms with E-state index >= 15 is 0 Å². The van der Waals surface area contributed by atoms with Gasteiger partial charge >= 0.3 is 6.03 Å². The lowest BCUT2D eigenvalue weighted by atomic mass is 9.87. The molecule has 0 radical (unpaired) electrons. The minimum absolute atomic E-state index is 0.228. The lowest BCUT2D eigenvalue weighted by Crippen LogP contribution is -2.53. The summed E-state index contributed by atoms with van der Waals surface area (Å²) >= 11 is 0. The first-order chi connectivity index (χ1) is 15.9. The summed E-state index contributed by atoms with van der Waals surface area (Å²) in [5.41, 5.74) is -0.596. The summed E-state index contributed by atoms with van der Waals surface area (Å²) in [6.07, 6.45) is 1.77. The molecule has 33 heavy (non-hydrogen) atoms. The second kappa shape index (κ2) is 8.97. The molecule has 0 saturated carbocycles. The van der Waals surface area contributed by atoms with E-state index < -0.39 is 17.5 Å². The second-order valence-electron chi connectivity index (χ2n) is 7.96. The zero-order chi connectivity index (χ0) is 23.6. The van der Waals surface area contributed by atoms with Crippen molar-refractivity contribution in [2.75, 3.05) is 39.8 Å². The molecule has 0 aliphatic carbocycles. The Morgan fingerprint density at radius 3 is 2.30 bits per heavy atom. The number of hydrogen-bond acceptors (Lipinski definition) is 6. The van der Waals surface area contributed by atoms with Crippen LogP contribution < -0.4 is 10.1 Å². The number of nitrogens with zero attached hydrogens (tertiary/aromatic N) is 3. The van der Waals surface area contributed by atoms with Crippen LogP contribution in [0, 0.1) is 0 Å². The fourth-order valence-electron chi connectivity index (χ4n) is 4.23. The largest absolute Gasteiger partial charge is 0.497 e. The van der Waals surface area contributed by atoms with E-state index in [-0.39, 0.29) is 24.1 Å². The molecule has 0 unspecified atom stereocenters. The van der Waals surface area contributed by atoms with Gasteiger partial charge in [0.15, 0.2) is 5.76 Å². The van der Waals surface area contributed by atoms with Crippen LogP contribution in [0.1, 0.15) is 29.5 Å². The predicted molar refractivity (Wildman–Crippen MR) is 116 cm³/mol. The highest BCUT2D eigenvalue weighted by molar-refractivity contribution is 6.09. The predicted octanol–water partition coefficient (Wildman–Crippen LogP) is 1.43. The molecule has 0 bridgehead atoms. The van der Waals surface area contributed by atoms with E-state index in [2.05, 4.69) is 5.32 Å². The Morgan fingerprint density at radius 2 is 1.73 bits per heavy atom. The lowest BCUT2D eigenvalue weighted by Gasteiger charge is -2.35. The molecular formula is C23H26N4O6. The summed E-state index contributed by atoms with van der Waals surface area (Å²) in [6.45, 7) is 2.77. The molecule has 10 nitrogen and oxygen atoms in total. The van der Waals surface area contributed by atoms with Gasteiger partial charge in [-0.05, 0) is 36.2 Å². The van der Waals surface area contributed by atoms with Gasteiger partial charge in [-0.25, -0.2) is 4.79 Å². The zero-order valence-corrected chi connectivity index (χ0v) is 18.6.